The minimum atomic E-state index is 0. The van der Waals surface area contributed by atoms with Crippen LogP contribution in [0, 0.1) is 35.6 Å². The average molecular weight is 339 g/mol. The molecule has 0 nitrogen and oxygen atoms in total. The van der Waals surface area contributed by atoms with Gasteiger partial charge in [0.1, 0.15) is 0 Å². The van der Waals surface area contributed by atoms with Crippen molar-refractivity contribution in [1.82, 2.24) is 0 Å². The van der Waals surface area contributed by atoms with E-state index in [2.05, 4.69) is 6.92 Å². The molecule has 1 aliphatic rings. The van der Waals surface area contributed by atoms with Crippen LogP contribution in [0.3, 0.4) is 0 Å². The third kappa shape index (κ3) is 13.6. The van der Waals surface area contributed by atoms with Gasteiger partial charge in [-0.25, -0.2) is 0 Å². The van der Waals surface area contributed by atoms with E-state index in [1.807, 2.05) is 0 Å². The Morgan fingerprint density at radius 3 is 1.18 bits per heavy atom. The van der Waals surface area contributed by atoms with Crippen LogP contribution in [0.5, 0.6) is 0 Å². The maximum Gasteiger partial charge on any atom is 4.00 e. The SMILES string of the molecule is CC1CCCC1.[CH3-].[CH3-].[CH3-].[CH3-].[Pt+4]. The summed E-state index contributed by atoms with van der Waals surface area (Å²) < 4.78 is 0. The molecule has 0 unspecified atom stereocenters. The van der Waals surface area contributed by atoms with Gasteiger partial charge < -0.3 is 29.7 Å². The topological polar surface area (TPSA) is 0 Å². The summed E-state index contributed by atoms with van der Waals surface area (Å²) in [6.07, 6.45) is 5.95. The molecule has 0 aromatic carbocycles. The van der Waals surface area contributed by atoms with Crippen LogP contribution >= 0.6 is 0 Å². The molecule has 11 heavy (non-hydrogen) atoms. The van der Waals surface area contributed by atoms with Crippen LogP contribution in [-0.4, -0.2) is 0 Å². The Hall–Kier alpha value is 0.688. The summed E-state index contributed by atoms with van der Waals surface area (Å²) in [7, 11) is 0. The first kappa shape index (κ1) is 29.8. The van der Waals surface area contributed by atoms with E-state index in [1.165, 1.54) is 25.7 Å². The van der Waals surface area contributed by atoms with E-state index in [1.54, 1.807) is 0 Å². The van der Waals surface area contributed by atoms with Crippen molar-refractivity contribution in [2.75, 3.05) is 0 Å². The van der Waals surface area contributed by atoms with E-state index < -0.39 is 0 Å². The predicted molar refractivity (Wildman–Crippen MR) is 53.3 cm³/mol. The molecule has 74 valence electrons. The molecule has 1 fully saturated rings. The van der Waals surface area contributed by atoms with Crippen LogP contribution in [0.2, 0.25) is 0 Å². The molecule has 1 rings (SSSR count). The molecule has 1 aliphatic carbocycles. The van der Waals surface area contributed by atoms with Crippen LogP contribution < -0.4 is 0 Å². The van der Waals surface area contributed by atoms with Gasteiger partial charge in [-0.3, -0.25) is 0 Å². The van der Waals surface area contributed by atoms with Crippen molar-refractivity contribution >= 4 is 0 Å². The molecule has 0 saturated heterocycles. The number of hydrogen-bond donors (Lipinski definition) is 0. The second-order valence-corrected chi connectivity index (χ2v) is 2.39. The van der Waals surface area contributed by atoms with Gasteiger partial charge in [0, 0.05) is 0 Å². The Morgan fingerprint density at radius 1 is 0.818 bits per heavy atom. The van der Waals surface area contributed by atoms with Crippen molar-refractivity contribution < 1.29 is 21.1 Å². The van der Waals surface area contributed by atoms with Gasteiger partial charge in [0.25, 0.3) is 0 Å². The maximum atomic E-state index is 2.34. The molecule has 1 saturated carbocycles. The molecule has 0 aliphatic heterocycles. The fourth-order valence-corrected chi connectivity index (χ4v) is 1.13. The zero-order valence-electron chi connectivity index (χ0n) is 8.72. The summed E-state index contributed by atoms with van der Waals surface area (Å²) in [6.45, 7) is 2.34. The van der Waals surface area contributed by atoms with E-state index in [-0.39, 0.29) is 50.8 Å². The van der Waals surface area contributed by atoms with Gasteiger partial charge in [-0.05, 0) is 5.92 Å². The van der Waals surface area contributed by atoms with Crippen LogP contribution in [0.25, 0.3) is 0 Å². The monoisotopic (exact) mass is 339 g/mol. The van der Waals surface area contributed by atoms with Crippen molar-refractivity contribution in [3.63, 3.8) is 0 Å². The van der Waals surface area contributed by atoms with Crippen LogP contribution in [0.15, 0.2) is 0 Å². The second-order valence-electron chi connectivity index (χ2n) is 2.39. The Kier molecular flexibility index (Phi) is 46.1. The van der Waals surface area contributed by atoms with Gasteiger partial charge in [0.05, 0.1) is 0 Å². The van der Waals surface area contributed by atoms with Crippen molar-refractivity contribution in [2.45, 2.75) is 32.6 Å². The van der Waals surface area contributed by atoms with Crippen molar-refractivity contribution in [3.8, 4) is 0 Å². The molecule has 0 atom stereocenters. The summed E-state index contributed by atoms with van der Waals surface area (Å²) in [5, 5.41) is 0. The molecular weight excluding hydrogens is 315 g/mol. The summed E-state index contributed by atoms with van der Waals surface area (Å²) in [5.41, 5.74) is 0. The van der Waals surface area contributed by atoms with E-state index in [9.17, 15) is 0 Å². The Balaban J connectivity index is -0.0000000240. The summed E-state index contributed by atoms with van der Waals surface area (Å²) >= 11 is 0. The van der Waals surface area contributed by atoms with Crippen LogP contribution in [0.4, 0.5) is 0 Å². The molecule has 0 heterocycles. The molecule has 0 aromatic heterocycles. The van der Waals surface area contributed by atoms with Gasteiger partial charge >= 0.3 is 21.1 Å². The average Bonchev–Trinajstić information content (AvgIpc) is 1.86. The molecule has 0 N–H and O–H groups in total. The minimum Gasteiger partial charge on any atom is -0.358 e. The van der Waals surface area contributed by atoms with Gasteiger partial charge in [-0.1, -0.05) is 32.6 Å². The fourth-order valence-electron chi connectivity index (χ4n) is 1.13. The first-order valence-corrected chi connectivity index (χ1v) is 2.89. The zero-order chi connectivity index (χ0) is 4.41. The number of hydrogen-bond acceptors (Lipinski definition) is 0. The van der Waals surface area contributed by atoms with Gasteiger partial charge in [0.15, 0.2) is 0 Å². The largest absolute Gasteiger partial charge is 4.00 e. The van der Waals surface area contributed by atoms with Crippen LogP contribution in [-0.2, 0) is 21.1 Å². The third-order valence-electron chi connectivity index (χ3n) is 1.64. The molecule has 1 heteroatoms. The molecule has 0 amide bonds. The summed E-state index contributed by atoms with van der Waals surface area (Å²) in [5.74, 6) is 1.05. The quantitative estimate of drug-likeness (QED) is 0.585. The molecule has 0 bridgehead atoms. The first-order valence-electron chi connectivity index (χ1n) is 2.89. The van der Waals surface area contributed by atoms with Gasteiger partial charge in [-0.15, -0.1) is 0 Å². The molecule has 0 aromatic rings. The normalized spacial score (nSPS) is 13.9. The number of rotatable bonds is 0. The van der Waals surface area contributed by atoms with Crippen LogP contribution in [0.1, 0.15) is 32.6 Å². The minimum absolute atomic E-state index is 0. The first-order chi connectivity index (χ1) is 2.89. The summed E-state index contributed by atoms with van der Waals surface area (Å²) in [6, 6.07) is 0. The third-order valence-corrected chi connectivity index (χ3v) is 1.64. The predicted octanol–water partition coefficient (Wildman–Crippen LogP) is 4.00. The van der Waals surface area contributed by atoms with E-state index >= 15 is 0 Å². The Labute approximate surface area is 89.4 Å². The van der Waals surface area contributed by atoms with Crippen molar-refractivity contribution in [3.05, 3.63) is 29.7 Å². The van der Waals surface area contributed by atoms with E-state index in [0.29, 0.717) is 0 Å². The maximum absolute atomic E-state index is 2.34. The van der Waals surface area contributed by atoms with E-state index in [0.717, 1.165) is 5.92 Å². The molecule has 0 radical (unpaired) electrons. The molecule has 0 spiro atoms. The Morgan fingerprint density at radius 2 is 1.09 bits per heavy atom. The second kappa shape index (κ2) is 17.0. The zero-order valence-corrected chi connectivity index (χ0v) is 11.0. The van der Waals surface area contributed by atoms with Gasteiger partial charge in [0.2, 0.25) is 0 Å². The van der Waals surface area contributed by atoms with E-state index in [4.69, 9.17) is 0 Å². The standard InChI is InChI=1S/C6H12.4CH3.Pt/c1-6-4-2-3-5-6;;;;;/h6H,2-5H2,1H3;4*1H3;/q;4*-1;+4. The smallest absolute Gasteiger partial charge is 0.358 e. The molecular formula is C10H24Pt. The van der Waals surface area contributed by atoms with Gasteiger partial charge in [-0.2, -0.15) is 0 Å². The Bertz CT molecular complexity index is 38.1. The summed E-state index contributed by atoms with van der Waals surface area (Å²) in [4.78, 5) is 0. The van der Waals surface area contributed by atoms with Crippen molar-refractivity contribution in [2.24, 2.45) is 5.92 Å². The fraction of sp³-hybridized carbons (Fsp3) is 0.600. The van der Waals surface area contributed by atoms with Crippen molar-refractivity contribution in [1.29, 1.82) is 0 Å².